The summed E-state index contributed by atoms with van der Waals surface area (Å²) in [5.74, 6) is -3.14. The second-order valence-corrected chi connectivity index (χ2v) is 12.5. The average Bonchev–Trinajstić information content (AvgIpc) is 2.91. The third-order valence-electron chi connectivity index (χ3n) is 8.90. The van der Waals surface area contributed by atoms with Gasteiger partial charge in [0.05, 0.1) is 36.4 Å². The number of methoxy groups -OCH3 is 1. The van der Waals surface area contributed by atoms with E-state index in [1.807, 2.05) is 27.9 Å². The van der Waals surface area contributed by atoms with Crippen LogP contribution in [0.3, 0.4) is 0 Å². The van der Waals surface area contributed by atoms with Crippen LogP contribution in [0.2, 0.25) is 0 Å². The summed E-state index contributed by atoms with van der Waals surface area (Å²) in [7, 11) is 5.58. The first-order valence-corrected chi connectivity index (χ1v) is 14.5. The Bertz CT molecular complexity index is 894. The van der Waals surface area contributed by atoms with Crippen LogP contribution in [0, 0.1) is 17.8 Å². The highest BCUT2D eigenvalue weighted by Crippen LogP contribution is 2.38. The van der Waals surface area contributed by atoms with Crippen LogP contribution in [0.4, 0.5) is 0 Å². The van der Waals surface area contributed by atoms with Crippen LogP contribution in [-0.2, 0) is 28.5 Å². The number of nitrogens with zero attached hydrogens (tertiary/aromatic N) is 1. The number of aliphatic hydroxyl groups is 3. The van der Waals surface area contributed by atoms with Crippen LogP contribution in [0.1, 0.15) is 74.1 Å². The van der Waals surface area contributed by atoms with E-state index >= 15 is 0 Å². The zero-order valence-electron chi connectivity index (χ0n) is 26.0. The normalized spacial score (nSPS) is 44.0. The Morgan fingerprint density at radius 3 is 2.30 bits per heavy atom. The first kappa shape index (κ1) is 34.8. The van der Waals surface area contributed by atoms with Crippen molar-refractivity contribution < 1.29 is 43.9 Å². The van der Waals surface area contributed by atoms with Crippen LogP contribution in [0.5, 0.6) is 0 Å². The maximum atomic E-state index is 13.5. The molecule has 11 atom stereocenters. The number of hydrogen-bond acceptors (Lipinski definition) is 10. The van der Waals surface area contributed by atoms with Crippen LogP contribution >= 0.6 is 0 Å². The van der Waals surface area contributed by atoms with Crippen molar-refractivity contribution in [3.8, 4) is 0 Å². The second-order valence-electron chi connectivity index (χ2n) is 12.5. The third-order valence-corrected chi connectivity index (χ3v) is 8.90. The van der Waals surface area contributed by atoms with Crippen molar-refractivity contribution in [1.82, 2.24) is 4.90 Å². The largest absolute Gasteiger partial charge is 0.459 e. The predicted molar refractivity (Wildman–Crippen MR) is 150 cm³/mol. The molecule has 0 aliphatic carbocycles. The first-order valence-electron chi connectivity index (χ1n) is 14.5. The van der Waals surface area contributed by atoms with E-state index in [1.165, 1.54) is 6.08 Å². The molecule has 0 aromatic rings. The van der Waals surface area contributed by atoms with Crippen LogP contribution in [0.15, 0.2) is 11.6 Å². The summed E-state index contributed by atoms with van der Waals surface area (Å²) in [6, 6.07) is 0.236. The Morgan fingerprint density at radius 1 is 1.15 bits per heavy atom. The van der Waals surface area contributed by atoms with E-state index in [4.69, 9.17) is 18.9 Å². The minimum atomic E-state index is -1.96. The molecule has 3 N–H and O–H groups in total. The molecule has 1 saturated heterocycles. The fourth-order valence-corrected chi connectivity index (χ4v) is 6.22. The summed E-state index contributed by atoms with van der Waals surface area (Å²) in [4.78, 5) is 28.9. The number of esters is 1. The SMILES string of the molecule is CCC1OC(=O)[C@H](C)[C@@H](O)[C@H](C)[C@@H](O[C@H]2C[C@@H](N(C)C)C[C@@H](C)O2)[C@@](C)(OC)C[C@@H](C)C(=O)/C(C)=C/[C@@]1(O)CO. The Morgan fingerprint density at radius 2 is 1.77 bits per heavy atom. The molecule has 2 aliphatic heterocycles. The van der Waals surface area contributed by atoms with Gasteiger partial charge in [0, 0.05) is 31.4 Å². The summed E-state index contributed by atoms with van der Waals surface area (Å²) >= 11 is 0. The number of rotatable bonds is 6. The zero-order chi connectivity index (χ0) is 30.6. The monoisotopic (exact) mass is 571 g/mol. The number of cyclic esters (lactones) is 1. The molecule has 232 valence electrons. The minimum absolute atomic E-state index is 0.0443. The van der Waals surface area contributed by atoms with Gasteiger partial charge in [-0.1, -0.05) is 20.8 Å². The molecule has 0 saturated carbocycles. The third kappa shape index (κ3) is 7.91. The zero-order valence-corrected chi connectivity index (χ0v) is 26.0. The van der Waals surface area contributed by atoms with E-state index in [1.54, 1.807) is 41.7 Å². The van der Waals surface area contributed by atoms with E-state index in [0.717, 1.165) is 6.42 Å². The highest BCUT2D eigenvalue weighted by molar-refractivity contribution is 5.96. The van der Waals surface area contributed by atoms with Crippen LogP contribution in [0.25, 0.3) is 0 Å². The predicted octanol–water partition coefficient (Wildman–Crippen LogP) is 2.47. The smallest absolute Gasteiger partial charge is 0.311 e. The molecule has 1 unspecified atom stereocenters. The van der Waals surface area contributed by atoms with Gasteiger partial charge in [0.15, 0.2) is 12.1 Å². The second kappa shape index (κ2) is 14.2. The topological polar surface area (TPSA) is 135 Å². The number of hydrogen-bond donors (Lipinski definition) is 3. The van der Waals surface area contributed by atoms with Crippen molar-refractivity contribution in [2.75, 3.05) is 27.8 Å². The van der Waals surface area contributed by atoms with Crippen molar-refractivity contribution in [3.05, 3.63) is 11.6 Å². The van der Waals surface area contributed by atoms with Gasteiger partial charge in [-0.3, -0.25) is 9.59 Å². The molecule has 10 nitrogen and oxygen atoms in total. The molecule has 0 spiro atoms. The summed E-state index contributed by atoms with van der Waals surface area (Å²) in [6.07, 6.45) is -0.525. The van der Waals surface area contributed by atoms with Gasteiger partial charge in [0.1, 0.15) is 11.7 Å². The van der Waals surface area contributed by atoms with Crippen molar-refractivity contribution in [3.63, 3.8) is 0 Å². The minimum Gasteiger partial charge on any atom is -0.459 e. The molecule has 10 heteroatoms. The lowest BCUT2D eigenvalue weighted by molar-refractivity contribution is -0.270. The molecule has 0 radical (unpaired) electrons. The lowest BCUT2D eigenvalue weighted by Gasteiger charge is -2.46. The van der Waals surface area contributed by atoms with Crippen LogP contribution in [-0.4, -0.2) is 108 Å². The molecule has 0 bridgehead atoms. The number of ether oxygens (including phenoxy) is 4. The number of carbonyl (C=O) groups is 2. The maximum absolute atomic E-state index is 13.5. The lowest BCUT2D eigenvalue weighted by Crippen LogP contribution is -2.56. The van der Waals surface area contributed by atoms with Gasteiger partial charge >= 0.3 is 5.97 Å². The standard InChI is InChI=1S/C30H53NO9/c1-11-23-30(36,16-32)15-18(3)25(33)17(2)14-29(7,37-10)27(20(5)26(34)21(6)28(35)39-23)40-24-13-22(31(8)9)12-19(4)38-24/h15,17,19-24,26-27,32,34,36H,11-14,16H2,1-10H3/b18-15+/t17-,19-,20+,21-,22+,23?,24+,26+,27-,29+,30-/m1/s1. The molecule has 40 heavy (non-hydrogen) atoms. The van der Waals surface area contributed by atoms with Crippen molar-refractivity contribution in [2.45, 2.75) is 122 Å². The van der Waals surface area contributed by atoms with E-state index in [0.29, 0.717) is 6.42 Å². The van der Waals surface area contributed by atoms with E-state index in [2.05, 4.69) is 4.90 Å². The number of Topliss-reactive ketones (excluding diaryl/α,β-unsaturated/α-hetero) is 1. The highest BCUT2D eigenvalue weighted by Gasteiger charge is 2.48. The number of carbonyl (C=O) groups excluding carboxylic acids is 2. The Balaban J connectivity index is 2.59. The molecule has 0 aromatic carbocycles. The fraction of sp³-hybridized carbons (Fsp3) is 0.867. The van der Waals surface area contributed by atoms with Crippen LogP contribution < -0.4 is 0 Å². The molecule has 2 aliphatic rings. The molecular formula is C30H53NO9. The number of allylic oxidation sites excluding steroid dienone is 1. The Hall–Kier alpha value is -1.40. The van der Waals surface area contributed by atoms with Gasteiger partial charge in [-0.25, -0.2) is 0 Å². The van der Waals surface area contributed by atoms with Crippen molar-refractivity contribution in [2.24, 2.45) is 17.8 Å². The van der Waals surface area contributed by atoms with E-state index in [-0.39, 0.29) is 36.3 Å². The lowest BCUT2D eigenvalue weighted by atomic mass is 9.76. The highest BCUT2D eigenvalue weighted by atomic mass is 16.7. The van der Waals surface area contributed by atoms with Gasteiger partial charge < -0.3 is 39.2 Å². The summed E-state index contributed by atoms with van der Waals surface area (Å²) in [5.41, 5.74) is -2.77. The van der Waals surface area contributed by atoms with Gasteiger partial charge in [0.25, 0.3) is 0 Å². The molecule has 2 heterocycles. The van der Waals surface area contributed by atoms with E-state index in [9.17, 15) is 24.9 Å². The summed E-state index contributed by atoms with van der Waals surface area (Å²) < 4.78 is 24.5. The number of aliphatic hydroxyl groups excluding tert-OH is 2. The maximum Gasteiger partial charge on any atom is 0.311 e. The van der Waals surface area contributed by atoms with Gasteiger partial charge in [-0.15, -0.1) is 0 Å². The average molecular weight is 572 g/mol. The quantitative estimate of drug-likeness (QED) is 0.408. The summed E-state index contributed by atoms with van der Waals surface area (Å²) in [5, 5.41) is 32.8. The van der Waals surface area contributed by atoms with E-state index < -0.39 is 66.1 Å². The number of ketones is 1. The molecular weight excluding hydrogens is 518 g/mol. The van der Waals surface area contributed by atoms with Crippen molar-refractivity contribution in [1.29, 1.82) is 0 Å². The van der Waals surface area contributed by atoms with Gasteiger partial charge in [0.2, 0.25) is 0 Å². The fourth-order valence-electron chi connectivity index (χ4n) is 6.22. The summed E-state index contributed by atoms with van der Waals surface area (Å²) in [6.45, 7) is 11.5. The molecule has 2 rings (SSSR count). The molecule has 0 amide bonds. The molecule has 0 aromatic heterocycles. The Kier molecular flexibility index (Phi) is 12.3. The Labute approximate surface area is 240 Å². The van der Waals surface area contributed by atoms with Gasteiger partial charge in [-0.05, 0) is 72.7 Å². The molecule has 1 fully saturated rings. The van der Waals surface area contributed by atoms with Crippen molar-refractivity contribution >= 4 is 11.8 Å². The first-order chi connectivity index (χ1) is 18.5. The van der Waals surface area contributed by atoms with Gasteiger partial charge in [-0.2, -0.15) is 0 Å².